The SMILES string of the molecule is COC1C=Cc2[nH]c3c(c2C1)C(C)(C)Sc1ccccc1-3. The fourth-order valence-corrected chi connectivity index (χ4v) is 4.81. The molecule has 1 N–H and O–H groups in total. The third-order valence-corrected chi connectivity index (χ3v) is 5.74. The molecule has 2 aliphatic rings. The largest absolute Gasteiger partial charge is 0.377 e. The van der Waals surface area contributed by atoms with Crippen LogP contribution in [0, 0.1) is 0 Å². The van der Waals surface area contributed by atoms with Crippen LogP contribution in [-0.4, -0.2) is 18.2 Å². The first kappa shape index (κ1) is 13.2. The highest BCUT2D eigenvalue weighted by Crippen LogP contribution is 2.54. The van der Waals surface area contributed by atoms with E-state index >= 15 is 0 Å². The second-order valence-corrected chi connectivity index (χ2v) is 7.88. The van der Waals surface area contributed by atoms with E-state index in [9.17, 15) is 0 Å². The van der Waals surface area contributed by atoms with Crippen LogP contribution in [0.2, 0.25) is 0 Å². The van der Waals surface area contributed by atoms with E-state index in [0.29, 0.717) is 0 Å². The molecule has 4 rings (SSSR count). The van der Waals surface area contributed by atoms with Crippen molar-refractivity contribution in [2.24, 2.45) is 0 Å². The van der Waals surface area contributed by atoms with E-state index in [1.54, 1.807) is 7.11 Å². The van der Waals surface area contributed by atoms with E-state index in [1.165, 1.54) is 33.0 Å². The van der Waals surface area contributed by atoms with Crippen LogP contribution in [-0.2, 0) is 15.9 Å². The van der Waals surface area contributed by atoms with Gasteiger partial charge in [0.15, 0.2) is 0 Å². The average Bonchev–Trinajstić information content (AvgIpc) is 2.86. The molecule has 108 valence electrons. The number of H-pyrrole nitrogens is 1. The summed E-state index contributed by atoms with van der Waals surface area (Å²) in [7, 11) is 1.79. The molecule has 1 aromatic heterocycles. The Kier molecular flexibility index (Phi) is 2.85. The summed E-state index contributed by atoms with van der Waals surface area (Å²) in [6, 6.07) is 8.68. The standard InChI is InChI=1S/C18H19NOS/c1-18(2)16-13-10-11(20-3)8-9-14(13)19-17(16)12-6-4-5-7-15(12)21-18/h4-9,11,19H,10H2,1-3H3. The van der Waals surface area contributed by atoms with Crippen LogP contribution >= 0.6 is 11.8 Å². The molecule has 0 fully saturated rings. The molecular formula is C18H19NOS. The molecular weight excluding hydrogens is 278 g/mol. The highest BCUT2D eigenvalue weighted by molar-refractivity contribution is 8.00. The predicted octanol–water partition coefficient (Wildman–Crippen LogP) is 4.61. The van der Waals surface area contributed by atoms with Crippen LogP contribution in [0.1, 0.15) is 30.7 Å². The lowest BCUT2D eigenvalue weighted by molar-refractivity contribution is 0.140. The topological polar surface area (TPSA) is 25.0 Å². The summed E-state index contributed by atoms with van der Waals surface area (Å²) in [5, 5.41) is 0. The first-order valence-corrected chi connectivity index (χ1v) is 8.16. The average molecular weight is 297 g/mol. The van der Waals surface area contributed by atoms with E-state index in [-0.39, 0.29) is 10.9 Å². The fraction of sp³-hybridized carbons (Fsp3) is 0.333. The second kappa shape index (κ2) is 4.52. The Morgan fingerprint density at radius 2 is 2.10 bits per heavy atom. The van der Waals surface area contributed by atoms with Crippen molar-refractivity contribution in [1.29, 1.82) is 0 Å². The van der Waals surface area contributed by atoms with Crippen LogP contribution in [0.4, 0.5) is 0 Å². The normalized spacial score (nSPS) is 21.6. The van der Waals surface area contributed by atoms with Gasteiger partial charge in [0.25, 0.3) is 0 Å². The van der Waals surface area contributed by atoms with Crippen molar-refractivity contribution >= 4 is 17.8 Å². The van der Waals surface area contributed by atoms with Crippen LogP contribution in [0.3, 0.4) is 0 Å². The number of hydrogen-bond donors (Lipinski definition) is 1. The monoisotopic (exact) mass is 297 g/mol. The zero-order valence-corrected chi connectivity index (χ0v) is 13.4. The maximum absolute atomic E-state index is 5.54. The van der Waals surface area contributed by atoms with Crippen LogP contribution in [0.25, 0.3) is 17.3 Å². The van der Waals surface area contributed by atoms with Gasteiger partial charge in [-0.1, -0.05) is 24.3 Å². The molecule has 0 saturated carbocycles. The summed E-state index contributed by atoms with van der Waals surface area (Å²) >= 11 is 1.96. The molecule has 1 aromatic carbocycles. The van der Waals surface area contributed by atoms with Gasteiger partial charge in [0.05, 0.1) is 11.8 Å². The number of hydrogen-bond acceptors (Lipinski definition) is 2. The summed E-state index contributed by atoms with van der Waals surface area (Å²) in [5.74, 6) is 0. The maximum atomic E-state index is 5.54. The molecule has 0 amide bonds. The Bertz CT molecular complexity index is 742. The van der Waals surface area contributed by atoms with Gasteiger partial charge in [-0.05, 0) is 37.1 Å². The minimum absolute atomic E-state index is 0.0806. The Balaban J connectivity index is 1.97. The summed E-state index contributed by atoms with van der Waals surface area (Å²) in [5.41, 5.74) is 6.74. The quantitative estimate of drug-likeness (QED) is 0.831. The van der Waals surface area contributed by atoms with Crippen molar-refractivity contribution in [2.45, 2.75) is 36.0 Å². The smallest absolute Gasteiger partial charge is 0.0797 e. The Morgan fingerprint density at radius 3 is 2.90 bits per heavy atom. The van der Waals surface area contributed by atoms with E-state index in [4.69, 9.17) is 4.74 Å². The van der Waals surface area contributed by atoms with Crippen molar-refractivity contribution in [1.82, 2.24) is 4.98 Å². The molecule has 3 heteroatoms. The first-order chi connectivity index (χ1) is 10.1. The fourth-order valence-electron chi connectivity index (χ4n) is 3.50. The third-order valence-electron chi connectivity index (χ3n) is 4.45. The number of fused-ring (bicyclic) bond motifs is 5. The lowest BCUT2D eigenvalue weighted by atomic mass is 9.89. The molecule has 0 bridgehead atoms. The van der Waals surface area contributed by atoms with E-state index < -0.39 is 0 Å². The van der Waals surface area contributed by atoms with E-state index in [2.05, 4.69) is 55.2 Å². The predicted molar refractivity (Wildman–Crippen MR) is 88.6 cm³/mol. The first-order valence-electron chi connectivity index (χ1n) is 7.35. The molecule has 1 atom stereocenters. The summed E-state index contributed by atoms with van der Waals surface area (Å²) in [6.45, 7) is 4.64. The Labute approximate surface area is 129 Å². The Hall–Kier alpha value is -1.45. The summed E-state index contributed by atoms with van der Waals surface area (Å²) in [4.78, 5) is 5.02. The Morgan fingerprint density at radius 1 is 1.29 bits per heavy atom. The number of nitrogens with one attached hydrogen (secondary N) is 1. The minimum Gasteiger partial charge on any atom is -0.377 e. The van der Waals surface area contributed by atoms with Gasteiger partial charge >= 0.3 is 0 Å². The summed E-state index contributed by atoms with van der Waals surface area (Å²) in [6.07, 6.45) is 5.47. The van der Waals surface area contributed by atoms with E-state index in [1.807, 2.05) is 11.8 Å². The molecule has 2 nitrogen and oxygen atoms in total. The molecule has 1 unspecified atom stereocenters. The zero-order valence-electron chi connectivity index (χ0n) is 12.6. The van der Waals surface area contributed by atoms with Gasteiger partial charge in [-0.15, -0.1) is 11.8 Å². The van der Waals surface area contributed by atoms with Gasteiger partial charge in [0.2, 0.25) is 0 Å². The maximum Gasteiger partial charge on any atom is 0.0797 e. The number of aromatic amines is 1. The van der Waals surface area contributed by atoms with Gasteiger partial charge in [-0.2, -0.15) is 0 Å². The van der Waals surface area contributed by atoms with Crippen LogP contribution in [0.15, 0.2) is 35.2 Å². The van der Waals surface area contributed by atoms with Crippen molar-refractivity contribution in [3.63, 3.8) is 0 Å². The number of ether oxygens (including phenoxy) is 1. The van der Waals surface area contributed by atoms with Crippen molar-refractivity contribution in [3.05, 3.63) is 47.2 Å². The van der Waals surface area contributed by atoms with Gasteiger partial charge < -0.3 is 9.72 Å². The number of thioether (sulfide) groups is 1. The molecule has 1 aliphatic carbocycles. The van der Waals surface area contributed by atoms with E-state index in [0.717, 1.165) is 6.42 Å². The number of benzene rings is 1. The minimum atomic E-state index is 0.0806. The number of methoxy groups -OCH3 is 1. The van der Waals surface area contributed by atoms with Crippen molar-refractivity contribution < 1.29 is 4.74 Å². The van der Waals surface area contributed by atoms with Crippen LogP contribution < -0.4 is 0 Å². The second-order valence-electron chi connectivity index (χ2n) is 6.21. The highest BCUT2D eigenvalue weighted by atomic mass is 32.2. The molecule has 0 radical (unpaired) electrons. The molecule has 2 heterocycles. The molecule has 0 saturated heterocycles. The van der Waals surface area contributed by atoms with Gasteiger partial charge in [0, 0.05) is 34.4 Å². The lowest BCUT2D eigenvalue weighted by Crippen LogP contribution is -2.21. The van der Waals surface area contributed by atoms with Crippen LogP contribution in [0.5, 0.6) is 0 Å². The molecule has 0 spiro atoms. The molecule has 21 heavy (non-hydrogen) atoms. The van der Waals surface area contributed by atoms with Crippen molar-refractivity contribution in [2.75, 3.05) is 7.11 Å². The van der Waals surface area contributed by atoms with Gasteiger partial charge in [-0.25, -0.2) is 0 Å². The molecule has 1 aliphatic heterocycles. The summed E-state index contributed by atoms with van der Waals surface area (Å²) < 4.78 is 5.62. The third kappa shape index (κ3) is 1.91. The van der Waals surface area contributed by atoms with Gasteiger partial charge in [0.1, 0.15) is 0 Å². The van der Waals surface area contributed by atoms with Gasteiger partial charge in [-0.3, -0.25) is 0 Å². The number of rotatable bonds is 1. The highest BCUT2D eigenvalue weighted by Gasteiger charge is 2.37. The van der Waals surface area contributed by atoms with Crippen molar-refractivity contribution in [3.8, 4) is 11.3 Å². The number of aromatic nitrogens is 1. The molecule has 2 aromatic rings. The zero-order chi connectivity index (χ0) is 14.6. The lowest BCUT2D eigenvalue weighted by Gasteiger charge is -2.32.